The molecule has 0 saturated heterocycles. The summed E-state index contributed by atoms with van der Waals surface area (Å²) in [6.07, 6.45) is 15.8. The van der Waals surface area contributed by atoms with Gasteiger partial charge in [-0.25, -0.2) is 13.2 Å². The van der Waals surface area contributed by atoms with Gasteiger partial charge in [0.25, 0.3) is 0 Å². The van der Waals surface area contributed by atoms with Gasteiger partial charge in [0.1, 0.15) is 22.5 Å². The predicted molar refractivity (Wildman–Crippen MR) is 131 cm³/mol. The second-order valence-corrected chi connectivity index (χ2v) is 10.8. The van der Waals surface area contributed by atoms with Crippen molar-refractivity contribution in [3.8, 4) is 11.1 Å². The molecule has 0 atom stereocenters. The third kappa shape index (κ3) is 6.15. The SMILES string of the molecule is CCC[C@H]1CC[C@H](CC[C@H]2CC[C@H](c3ccc(-c4cc(F)c(Cl)c(F)c4)c(F)c3)CC2)CC1. The molecule has 2 aromatic rings. The Morgan fingerprint density at radius 1 is 0.697 bits per heavy atom. The topological polar surface area (TPSA) is 0 Å². The third-order valence-electron chi connectivity index (χ3n) is 8.25. The van der Waals surface area contributed by atoms with E-state index >= 15 is 0 Å². The second-order valence-electron chi connectivity index (χ2n) is 10.5. The highest BCUT2D eigenvalue weighted by Gasteiger charge is 2.26. The van der Waals surface area contributed by atoms with Gasteiger partial charge in [-0.3, -0.25) is 0 Å². The highest BCUT2D eigenvalue weighted by atomic mass is 35.5. The Balaban J connectivity index is 1.28. The highest BCUT2D eigenvalue weighted by molar-refractivity contribution is 6.31. The zero-order chi connectivity index (χ0) is 23.4. The molecule has 2 aromatic carbocycles. The van der Waals surface area contributed by atoms with Crippen LogP contribution in [-0.4, -0.2) is 0 Å². The first kappa shape index (κ1) is 24.6. The van der Waals surface area contributed by atoms with Gasteiger partial charge in [0, 0.05) is 5.56 Å². The van der Waals surface area contributed by atoms with Crippen molar-refractivity contribution >= 4 is 11.6 Å². The lowest BCUT2D eigenvalue weighted by Crippen LogP contribution is -2.17. The van der Waals surface area contributed by atoms with E-state index in [1.54, 1.807) is 12.1 Å². The molecule has 0 spiro atoms. The van der Waals surface area contributed by atoms with Crippen LogP contribution in [0.25, 0.3) is 11.1 Å². The van der Waals surface area contributed by atoms with Crippen LogP contribution in [0, 0.1) is 35.2 Å². The van der Waals surface area contributed by atoms with E-state index in [1.165, 1.54) is 64.2 Å². The van der Waals surface area contributed by atoms with Crippen molar-refractivity contribution in [2.45, 2.75) is 89.9 Å². The van der Waals surface area contributed by atoms with E-state index in [0.29, 0.717) is 5.92 Å². The number of benzene rings is 2. The van der Waals surface area contributed by atoms with E-state index in [2.05, 4.69) is 6.92 Å². The molecule has 2 aliphatic rings. The summed E-state index contributed by atoms with van der Waals surface area (Å²) < 4.78 is 42.5. The van der Waals surface area contributed by atoms with Gasteiger partial charge >= 0.3 is 0 Å². The van der Waals surface area contributed by atoms with Crippen molar-refractivity contribution in [2.75, 3.05) is 0 Å². The molecule has 0 aromatic heterocycles. The van der Waals surface area contributed by atoms with Gasteiger partial charge in [0.05, 0.1) is 0 Å². The van der Waals surface area contributed by atoms with Crippen LogP contribution in [0.3, 0.4) is 0 Å². The molecular weight excluding hydrogens is 441 g/mol. The molecule has 2 aliphatic carbocycles. The summed E-state index contributed by atoms with van der Waals surface area (Å²) in [5.74, 6) is 0.900. The van der Waals surface area contributed by atoms with Gasteiger partial charge in [-0.05, 0) is 78.7 Å². The van der Waals surface area contributed by atoms with Gasteiger partial charge in [0.2, 0.25) is 0 Å². The van der Waals surface area contributed by atoms with Crippen LogP contribution in [0.5, 0.6) is 0 Å². The second kappa shape index (κ2) is 11.3. The number of hydrogen-bond acceptors (Lipinski definition) is 0. The van der Waals surface area contributed by atoms with Gasteiger partial charge < -0.3 is 0 Å². The molecule has 2 saturated carbocycles. The van der Waals surface area contributed by atoms with Crippen molar-refractivity contribution in [1.82, 2.24) is 0 Å². The lowest BCUT2D eigenvalue weighted by molar-refractivity contribution is 0.224. The molecule has 180 valence electrons. The molecular formula is C29H36ClF3. The highest BCUT2D eigenvalue weighted by Crippen LogP contribution is 2.41. The van der Waals surface area contributed by atoms with E-state index in [0.717, 1.165) is 48.3 Å². The van der Waals surface area contributed by atoms with Crippen molar-refractivity contribution in [3.63, 3.8) is 0 Å². The van der Waals surface area contributed by atoms with Crippen LogP contribution >= 0.6 is 11.6 Å². The van der Waals surface area contributed by atoms with Gasteiger partial charge in [-0.2, -0.15) is 0 Å². The third-order valence-corrected chi connectivity index (χ3v) is 8.61. The number of hydrogen-bond donors (Lipinski definition) is 0. The minimum absolute atomic E-state index is 0.172. The Labute approximate surface area is 201 Å². The summed E-state index contributed by atoms with van der Waals surface area (Å²) in [7, 11) is 0. The summed E-state index contributed by atoms with van der Waals surface area (Å²) in [4.78, 5) is 0. The molecule has 0 heterocycles. The summed E-state index contributed by atoms with van der Waals surface area (Å²) >= 11 is 5.56. The van der Waals surface area contributed by atoms with E-state index in [1.807, 2.05) is 6.07 Å². The Hall–Kier alpha value is -1.48. The van der Waals surface area contributed by atoms with Gasteiger partial charge in [-0.1, -0.05) is 82.0 Å². The van der Waals surface area contributed by atoms with Crippen LogP contribution in [0.4, 0.5) is 13.2 Å². The molecule has 0 nitrogen and oxygen atoms in total. The molecule has 0 unspecified atom stereocenters. The first-order valence-corrected chi connectivity index (χ1v) is 13.3. The predicted octanol–water partition coefficient (Wildman–Crippen LogP) is 10.1. The normalized spacial score (nSPS) is 25.8. The average Bonchev–Trinajstić information content (AvgIpc) is 2.82. The average molecular weight is 477 g/mol. The Bertz CT molecular complexity index is 901. The maximum Gasteiger partial charge on any atom is 0.145 e. The summed E-state index contributed by atoms with van der Waals surface area (Å²) in [5.41, 5.74) is 1.38. The van der Waals surface area contributed by atoms with E-state index < -0.39 is 22.5 Å². The molecule has 0 bridgehead atoms. The minimum atomic E-state index is -0.873. The summed E-state index contributed by atoms with van der Waals surface area (Å²) in [6.45, 7) is 2.30. The standard InChI is InChI=1S/C29H36ClF3/c1-2-3-19-4-6-20(7-5-19)8-9-21-10-12-22(13-11-21)23-14-15-25(26(31)16-23)24-17-27(32)29(30)28(33)18-24/h14-22H,2-13H2,1H3/t19-,20-,21-,22-. The van der Waals surface area contributed by atoms with Crippen LogP contribution in [0.2, 0.25) is 5.02 Å². The van der Waals surface area contributed by atoms with Crippen molar-refractivity contribution in [3.05, 3.63) is 58.4 Å². The van der Waals surface area contributed by atoms with Crippen molar-refractivity contribution in [1.29, 1.82) is 0 Å². The summed E-state index contributed by atoms with van der Waals surface area (Å²) in [5, 5.41) is -0.559. The van der Waals surface area contributed by atoms with Crippen molar-refractivity contribution in [2.24, 2.45) is 17.8 Å². The lowest BCUT2D eigenvalue weighted by atomic mass is 9.74. The van der Waals surface area contributed by atoms with Crippen molar-refractivity contribution < 1.29 is 13.2 Å². The quantitative estimate of drug-likeness (QED) is 0.348. The zero-order valence-electron chi connectivity index (χ0n) is 19.7. The van der Waals surface area contributed by atoms with Crippen LogP contribution < -0.4 is 0 Å². The fraction of sp³-hybridized carbons (Fsp3) is 0.586. The van der Waals surface area contributed by atoms with E-state index in [-0.39, 0.29) is 11.1 Å². The van der Waals surface area contributed by atoms with E-state index in [9.17, 15) is 13.2 Å². The number of rotatable bonds is 7. The van der Waals surface area contributed by atoms with Crippen LogP contribution in [0.15, 0.2) is 30.3 Å². The molecule has 4 heteroatoms. The Kier molecular flexibility index (Phi) is 8.43. The Morgan fingerprint density at radius 2 is 1.21 bits per heavy atom. The molecule has 33 heavy (non-hydrogen) atoms. The van der Waals surface area contributed by atoms with Gasteiger partial charge in [-0.15, -0.1) is 0 Å². The smallest absolute Gasteiger partial charge is 0.145 e. The lowest BCUT2D eigenvalue weighted by Gasteiger charge is -2.32. The largest absolute Gasteiger partial charge is 0.206 e. The maximum atomic E-state index is 14.9. The van der Waals surface area contributed by atoms with Gasteiger partial charge in [0.15, 0.2) is 0 Å². The van der Waals surface area contributed by atoms with E-state index in [4.69, 9.17) is 11.6 Å². The fourth-order valence-electron chi connectivity index (χ4n) is 6.20. The Morgan fingerprint density at radius 3 is 1.73 bits per heavy atom. The molecule has 0 N–H and O–H groups in total. The molecule has 0 amide bonds. The molecule has 0 aliphatic heterocycles. The van der Waals surface area contributed by atoms with Crippen LogP contribution in [0.1, 0.15) is 95.5 Å². The van der Waals surface area contributed by atoms with Crippen LogP contribution in [-0.2, 0) is 0 Å². The first-order valence-electron chi connectivity index (χ1n) is 12.9. The molecule has 0 radical (unpaired) electrons. The maximum absolute atomic E-state index is 14.9. The molecule has 2 fully saturated rings. The summed E-state index contributed by atoms with van der Waals surface area (Å²) in [6, 6.07) is 7.30. The zero-order valence-corrected chi connectivity index (χ0v) is 20.4. The molecule has 4 rings (SSSR count). The first-order chi connectivity index (χ1) is 15.9. The monoisotopic (exact) mass is 476 g/mol. The minimum Gasteiger partial charge on any atom is -0.206 e. The number of halogens is 4. The fourth-order valence-corrected chi connectivity index (χ4v) is 6.31.